The van der Waals surface area contributed by atoms with Crippen LogP contribution in [0.4, 0.5) is 0 Å². The first-order chi connectivity index (χ1) is 10.4. The summed E-state index contributed by atoms with van der Waals surface area (Å²) in [5.41, 5.74) is 1.38. The lowest BCUT2D eigenvalue weighted by Crippen LogP contribution is -2.44. The summed E-state index contributed by atoms with van der Waals surface area (Å²) in [5.74, 6) is 0.453. The summed E-state index contributed by atoms with van der Waals surface area (Å²) >= 11 is 3.81. The molecule has 22 heavy (non-hydrogen) atoms. The minimum atomic E-state index is -0.217. The number of alkyl halides is 1. The number of nitrogens with zero attached hydrogens (tertiary/aromatic N) is 1. The van der Waals surface area contributed by atoms with E-state index in [2.05, 4.69) is 42.8 Å². The molecule has 0 N–H and O–H groups in total. The van der Waals surface area contributed by atoms with Gasteiger partial charge in [-0.25, -0.2) is 0 Å². The van der Waals surface area contributed by atoms with Gasteiger partial charge in [0.05, 0.1) is 35.5 Å². The van der Waals surface area contributed by atoms with Crippen LogP contribution in [0.5, 0.6) is 0 Å². The second-order valence-corrected chi connectivity index (χ2v) is 8.12. The van der Waals surface area contributed by atoms with Crippen LogP contribution in [0.25, 0.3) is 0 Å². The number of benzene rings is 1. The Morgan fingerprint density at radius 2 is 2.23 bits per heavy atom. The predicted octanol–water partition coefficient (Wildman–Crippen LogP) is 4.18. The average molecular weight is 364 g/mol. The molecule has 0 saturated carbocycles. The Labute approximate surface area is 140 Å². The Hall–Kier alpha value is -0.890. The molecule has 3 rings (SSSR count). The van der Waals surface area contributed by atoms with Crippen LogP contribution in [0.15, 0.2) is 24.3 Å². The molecule has 1 aromatic carbocycles. The minimum Gasteiger partial charge on any atom is -0.370 e. The third kappa shape index (κ3) is 2.50. The van der Waals surface area contributed by atoms with Crippen molar-refractivity contribution in [2.45, 2.75) is 62.4 Å². The zero-order chi connectivity index (χ0) is 16.0. The Morgan fingerprint density at radius 1 is 1.45 bits per heavy atom. The highest BCUT2D eigenvalue weighted by atomic mass is 79.9. The molecule has 0 aromatic heterocycles. The second-order valence-electron chi connectivity index (χ2n) is 7.01. The molecule has 2 heterocycles. The van der Waals surface area contributed by atoms with E-state index in [0.29, 0.717) is 22.9 Å². The molecule has 0 aliphatic carbocycles. The standard InChI is InChI=1S/C18H22BrNO2/c1-12(2)18-9-16(17(3,22-18)8-15(18)19)21-11-14-6-4-5-13(7-14)10-20/h4-7,12,15-16H,8-9,11H2,1-3H3. The second kappa shape index (κ2) is 5.63. The summed E-state index contributed by atoms with van der Waals surface area (Å²) in [5, 5.41) is 8.98. The monoisotopic (exact) mass is 363 g/mol. The highest BCUT2D eigenvalue weighted by Crippen LogP contribution is 2.57. The van der Waals surface area contributed by atoms with Gasteiger partial charge in [-0.2, -0.15) is 5.26 Å². The SMILES string of the molecule is CC(C)C12CC(OCc3cccc(C#N)c3)C(C)(CC1Br)O2. The molecule has 0 amide bonds. The lowest BCUT2D eigenvalue weighted by molar-refractivity contribution is -0.0955. The van der Waals surface area contributed by atoms with E-state index in [4.69, 9.17) is 14.7 Å². The smallest absolute Gasteiger partial charge is 0.0991 e. The summed E-state index contributed by atoms with van der Waals surface area (Å²) in [7, 11) is 0. The van der Waals surface area contributed by atoms with Crippen LogP contribution in [-0.2, 0) is 16.1 Å². The third-order valence-electron chi connectivity index (χ3n) is 5.21. The van der Waals surface area contributed by atoms with Gasteiger partial charge in [0.1, 0.15) is 0 Å². The molecule has 0 spiro atoms. The molecular formula is C18H22BrNO2. The quantitative estimate of drug-likeness (QED) is 0.753. The van der Waals surface area contributed by atoms with Gasteiger partial charge in [0.15, 0.2) is 0 Å². The van der Waals surface area contributed by atoms with Gasteiger partial charge >= 0.3 is 0 Å². The number of ether oxygens (including phenoxy) is 2. The summed E-state index contributed by atoms with van der Waals surface area (Å²) in [4.78, 5) is 0.395. The van der Waals surface area contributed by atoms with Crippen molar-refractivity contribution in [3.8, 4) is 6.07 Å². The van der Waals surface area contributed by atoms with Gasteiger partial charge in [-0.15, -0.1) is 0 Å². The Bertz CT molecular complexity index is 611. The molecule has 2 bridgehead atoms. The Kier molecular flexibility index (Phi) is 4.09. The molecule has 118 valence electrons. The van der Waals surface area contributed by atoms with Crippen molar-refractivity contribution in [3.63, 3.8) is 0 Å². The molecular weight excluding hydrogens is 342 g/mol. The third-order valence-corrected chi connectivity index (χ3v) is 6.31. The molecule has 2 aliphatic rings. The van der Waals surface area contributed by atoms with E-state index in [1.54, 1.807) is 0 Å². The number of hydrogen-bond acceptors (Lipinski definition) is 3. The lowest BCUT2D eigenvalue weighted by Gasteiger charge is -2.35. The van der Waals surface area contributed by atoms with Gasteiger partial charge < -0.3 is 9.47 Å². The fraction of sp³-hybridized carbons (Fsp3) is 0.611. The van der Waals surface area contributed by atoms with Gasteiger partial charge in [-0.3, -0.25) is 0 Å². The van der Waals surface area contributed by atoms with Crippen molar-refractivity contribution in [1.29, 1.82) is 5.26 Å². The van der Waals surface area contributed by atoms with E-state index in [0.717, 1.165) is 18.4 Å². The highest BCUT2D eigenvalue weighted by molar-refractivity contribution is 9.09. The zero-order valence-corrected chi connectivity index (χ0v) is 14.9. The maximum Gasteiger partial charge on any atom is 0.0991 e. The van der Waals surface area contributed by atoms with Crippen molar-refractivity contribution in [2.75, 3.05) is 0 Å². The van der Waals surface area contributed by atoms with Crippen molar-refractivity contribution in [2.24, 2.45) is 5.92 Å². The van der Waals surface area contributed by atoms with Gasteiger partial charge in [-0.1, -0.05) is 41.9 Å². The van der Waals surface area contributed by atoms with Gasteiger partial charge in [0, 0.05) is 11.2 Å². The van der Waals surface area contributed by atoms with E-state index in [9.17, 15) is 0 Å². The number of nitriles is 1. The number of fused-ring (bicyclic) bond motifs is 2. The Morgan fingerprint density at radius 3 is 2.86 bits per heavy atom. The van der Waals surface area contributed by atoms with Crippen molar-refractivity contribution in [1.82, 2.24) is 0 Å². The summed E-state index contributed by atoms with van der Waals surface area (Å²) in [6.45, 7) is 7.13. The molecule has 3 nitrogen and oxygen atoms in total. The van der Waals surface area contributed by atoms with Crippen LogP contribution in [0, 0.1) is 17.2 Å². The van der Waals surface area contributed by atoms with Crippen LogP contribution in [0.1, 0.15) is 44.7 Å². The van der Waals surface area contributed by atoms with E-state index in [1.807, 2.05) is 24.3 Å². The molecule has 0 radical (unpaired) electrons. The normalized spacial score (nSPS) is 36.7. The first kappa shape index (κ1) is 16.0. The van der Waals surface area contributed by atoms with Crippen molar-refractivity contribution >= 4 is 15.9 Å². The topological polar surface area (TPSA) is 42.2 Å². The fourth-order valence-electron chi connectivity index (χ4n) is 3.82. The molecule has 2 saturated heterocycles. The van der Waals surface area contributed by atoms with Crippen LogP contribution >= 0.6 is 15.9 Å². The highest BCUT2D eigenvalue weighted by Gasteiger charge is 2.65. The average Bonchev–Trinajstić information content (AvgIpc) is 2.93. The zero-order valence-electron chi connectivity index (χ0n) is 13.3. The van der Waals surface area contributed by atoms with Crippen molar-refractivity contribution in [3.05, 3.63) is 35.4 Å². The maximum atomic E-state index is 8.98. The first-order valence-corrected chi connectivity index (χ1v) is 8.76. The minimum absolute atomic E-state index is 0.106. The van der Waals surface area contributed by atoms with Crippen LogP contribution in [0.2, 0.25) is 0 Å². The Balaban J connectivity index is 1.71. The molecule has 2 aliphatic heterocycles. The summed E-state index contributed by atoms with van der Waals surface area (Å²) in [6, 6.07) is 9.78. The van der Waals surface area contributed by atoms with Gasteiger partial charge in [0.25, 0.3) is 0 Å². The maximum absolute atomic E-state index is 8.98. The summed E-state index contributed by atoms with van der Waals surface area (Å²) in [6.07, 6.45) is 2.01. The first-order valence-electron chi connectivity index (χ1n) is 7.84. The van der Waals surface area contributed by atoms with Crippen molar-refractivity contribution < 1.29 is 9.47 Å². The molecule has 4 heteroatoms. The van der Waals surface area contributed by atoms with E-state index < -0.39 is 0 Å². The van der Waals surface area contributed by atoms with Gasteiger partial charge in [-0.05, 0) is 37.0 Å². The largest absolute Gasteiger partial charge is 0.370 e. The van der Waals surface area contributed by atoms with E-state index in [-0.39, 0.29) is 17.3 Å². The number of rotatable bonds is 4. The predicted molar refractivity (Wildman–Crippen MR) is 88.7 cm³/mol. The molecule has 1 aromatic rings. The molecule has 4 atom stereocenters. The van der Waals surface area contributed by atoms with Crippen LogP contribution < -0.4 is 0 Å². The lowest BCUT2D eigenvalue weighted by atomic mass is 9.75. The fourth-order valence-corrected chi connectivity index (χ4v) is 5.27. The van der Waals surface area contributed by atoms with Crippen LogP contribution in [-0.4, -0.2) is 22.1 Å². The molecule has 4 unspecified atom stereocenters. The molecule has 2 fully saturated rings. The number of halogens is 1. The van der Waals surface area contributed by atoms with E-state index in [1.165, 1.54) is 0 Å². The van der Waals surface area contributed by atoms with E-state index >= 15 is 0 Å². The number of hydrogen-bond donors (Lipinski definition) is 0. The summed E-state index contributed by atoms with van der Waals surface area (Å²) < 4.78 is 12.6. The van der Waals surface area contributed by atoms with Crippen LogP contribution in [0.3, 0.4) is 0 Å². The van der Waals surface area contributed by atoms with Gasteiger partial charge in [0.2, 0.25) is 0 Å².